The molecule has 1 heterocycles. The lowest BCUT2D eigenvalue weighted by molar-refractivity contribution is -0.274. The number of hydrogen-bond acceptors (Lipinski definition) is 5. The molecule has 5 nitrogen and oxygen atoms in total. The van der Waals surface area contributed by atoms with Crippen molar-refractivity contribution in [3.8, 4) is 5.75 Å². The lowest BCUT2D eigenvalue weighted by atomic mass is 10.3. The number of nitrogens with one attached hydrogen (secondary N) is 2. The average molecular weight is 298 g/mol. The molecule has 2 aromatic rings. The molecule has 0 amide bonds. The number of alkyl halides is 3. The maximum atomic E-state index is 12.0. The summed E-state index contributed by atoms with van der Waals surface area (Å²) in [6.45, 7) is 2.64. The third kappa shape index (κ3) is 4.83. The van der Waals surface area contributed by atoms with Crippen LogP contribution in [0.3, 0.4) is 0 Å². The molecule has 0 unspecified atom stereocenters. The maximum Gasteiger partial charge on any atom is 0.573 e. The van der Waals surface area contributed by atoms with E-state index in [2.05, 4.69) is 25.3 Å². The Balaban J connectivity index is 2.04. The molecule has 2 N–H and O–H groups in total. The van der Waals surface area contributed by atoms with Crippen LogP contribution in [0.15, 0.2) is 36.7 Å². The van der Waals surface area contributed by atoms with E-state index in [1.165, 1.54) is 30.5 Å². The van der Waals surface area contributed by atoms with E-state index in [-0.39, 0.29) is 5.75 Å². The summed E-state index contributed by atoms with van der Waals surface area (Å²) >= 11 is 0. The summed E-state index contributed by atoms with van der Waals surface area (Å²) in [6.07, 6.45) is -1.60. The summed E-state index contributed by atoms with van der Waals surface area (Å²) < 4.78 is 39.9. The highest BCUT2D eigenvalue weighted by molar-refractivity contribution is 5.57. The van der Waals surface area contributed by atoms with Gasteiger partial charge < -0.3 is 15.4 Å². The topological polar surface area (TPSA) is 59.1 Å². The van der Waals surface area contributed by atoms with Crippen LogP contribution in [0.1, 0.15) is 6.92 Å². The molecule has 0 radical (unpaired) electrons. The minimum absolute atomic E-state index is 0.277. The summed E-state index contributed by atoms with van der Waals surface area (Å²) in [5.41, 5.74) is 0.576. The summed E-state index contributed by atoms with van der Waals surface area (Å²) in [6, 6.07) is 5.36. The summed E-state index contributed by atoms with van der Waals surface area (Å²) in [5.74, 6) is 0.818. The van der Waals surface area contributed by atoms with Gasteiger partial charge in [0, 0.05) is 12.2 Å². The molecule has 8 heteroatoms. The van der Waals surface area contributed by atoms with Crippen molar-refractivity contribution in [1.82, 2.24) is 9.97 Å². The molecule has 0 saturated carbocycles. The highest BCUT2D eigenvalue weighted by atomic mass is 19.4. The van der Waals surface area contributed by atoms with Gasteiger partial charge in [-0.2, -0.15) is 0 Å². The molecule has 1 aromatic carbocycles. The Labute approximate surface area is 119 Å². The predicted octanol–water partition coefficient (Wildman–Crippen LogP) is 3.55. The van der Waals surface area contributed by atoms with Gasteiger partial charge in [-0.1, -0.05) is 0 Å². The molecule has 1 aromatic heterocycles. The predicted molar refractivity (Wildman–Crippen MR) is 72.6 cm³/mol. The van der Waals surface area contributed by atoms with Gasteiger partial charge in [0.05, 0.1) is 12.4 Å². The van der Waals surface area contributed by atoms with Gasteiger partial charge >= 0.3 is 6.36 Å². The molecule has 0 saturated heterocycles. The maximum absolute atomic E-state index is 12.0. The SMILES string of the molecule is CCNc1cncc(Nc2ccc(OC(F)(F)F)cc2)n1. The van der Waals surface area contributed by atoms with Gasteiger partial charge in [0.2, 0.25) is 0 Å². The van der Waals surface area contributed by atoms with Gasteiger partial charge in [-0.05, 0) is 31.2 Å². The van der Waals surface area contributed by atoms with Gasteiger partial charge in [-0.25, -0.2) is 4.98 Å². The first-order valence-corrected chi connectivity index (χ1v) is 6.15. The molecule has 2 rings (SSSR count). The van der Waals surface area contributed by atoms with Crippen molar-refractivity contribution in [1.29, 1.82) is 0 Å². The van der Waals surface area contributed by atoms with Crippen LogP contribution in [-0.4, -0.2) is 22.9 Å². The van der Waals surface area contributed by atoms with Crippen molar-refractivity contribution >= 4 is 17.3 Å². The molecule has 0 atom stereocenters. The van der Waals surface area contributed by atoms with E-state index < -0.39 is 6.36 Å². The summed E-state index contributed by atoms with van der Waals surface area (Å²) in [4.78, 5) is 8.25. The van der Waals surface area contributed by atoms with Crippen LogP contribution in [0.25, 0.3) is 0 Å². The molecule has 0 aliphatic rings. The summed E-state index contributed by atoms with van der Waals surface area (Å²) in [5, 5.41) is 5.95. The Bertz CT molecular complexity index is 587. The van der Waals surface area contributed by atoms with Gasteiger partial charge in [0.15, 0.2) is 5.82 Å². The van der Waals surface area contributed by atoms with Crippen molar-refractivity contribution in [3.63, 3.8) is 0 Å². The Morgan fingerprint density at radius 2 is 1.76 bits per heavy atom. The first-order chi connectivity index (χ1) is 9.96. The Kier molecular flexibility index (Phi) is 4.46. The fourth-order valence-electron chi connectivity index (χ4n) is 1.58. The molecular formula is C13H13F3N4O. The minimum atomic E-state index is -4.69. The second-order valence-corrected chi connectivity index (χ2v) is 4.02. The van der Waals surface area contributed by atoms with Crippen LogP contribution < -0.4 is 15.4 Å². The molecule has 0 aliphatic heterocycles. The van der Waals surface area contributed by atoms with E-state index in [1.807, 2.05) is 6.92 Å². The lowest BCUT2D eigenvalue weighted by Gasteiger charge is -2.10. The molecular weight excluding hydrogens is 285 g/mol. The lowest BCUT2D eigenvalue weighted by Crippen LogP contribution is -2.16. The molecule has 21 heavy (non-hydrogen) atoms. The number of nitrogens with zero attached hydrogens (tertiary/aromatic N) is 2. The monoisotopic (exact) mass is 298 g/mol. The minimum Gasteiger partial charge on any atom is -0.406 e. The number of hydrogen-bond donors (Lipinski definition) is 2. The highest BCUT2D eigenvalue weighted by Crippen LogP contribution is 2.25. The molecule has 112 valence electrons. The van der Waals surface area contributed by atoms with E-state index >= 15 is 0 Å². The number of halogens is 3. The Hall–Kier alpha value is -2.51. The average Bonchev–Trinajstić information content (AvgIpc) is 2.40. The van der Waals surface area contributed by atoms with Crippen LogP contribution in [-0.2, 0) is 0 Å². The second-order valence-electron chi connectivity index (χ2n) is 4.02. The third-order valence-electron chi connectivity index (χ3n) is 2.35. The number of benzene rings is 1. The van der Waals surface area contributed by atoms with Gasteiger partial charge in [-0.15, -0.1) is 13.2 Å². The van der Waals surface area contributed by atoms with E-state index in [0.29, 0.717) is 23.9 Å². The smallest absolute Gasteiger partial charge is 0.406 e. The van der Waals surface area contributed by atoms with E-state index in [9.17, 15) is 13.2 Å². The third-order valence-corrected chi connectivity index (χ3v) is 2.35. The standard InChI is InChI=1S/C13H13F3N4O/c1-2-18-11-7-17-8-12(20-11)19-9-3-5-10(6-4-9)21-13(14,15)16/h3-8H,2H2,1H3,(H2,18,19,20). The molecule has 0 fully saturated rings. The largest absolute Gasteiger partial charge is 0.573 e. The number of anilines is 3. The number of ether oxygens (including phenoxy) is 1. The fourth-order valence-corrected chi connectivity index (χ4v) is 1.58. The molecule has 0 spiro atoms. The van der Waals surface area contributed by atoms with Crippen LogP contribution >= 0.6 is 0 Å². The van der Waals surface area contributed by atoms with Crippen molar-refractivity contribution in [3.05, 3.63) is 36.7 Å². The molecule has 0 bridgehead atoms. The zero-order valence-corrected chi connectivity index (χ0v) is 11.1. The zero-order valence-electron chi connectivity index (χ0n) is 11.1. The van der Waals surface area contributed by atoms with Crippen molar-refractivity contribution in [2.24, 2.45) is 0 Å². The van der Waals surface area contributed by atoms with Crippen molar-refractivity contribution in [2.75, 3.05) is 17.2 Å². The van der Waals surface area contributed by atoms with Crippen LogP contribution in [0.5, 0.6) is 5.75 Å². The number of aromatic nitrogens is 2. The van der Waals surface area contributed by atoms with E-state index in [4.69, 9.17) is 0 Å². The summed E-state index contributed by atoms with van der Waals surface area (Å²) in [7, 11) is 0. The van der Waals surface area contributed by atoms with Crippen LogP contribution in [0.4, 0.5) is 30.5 Å². The van der Waals surface area contributed by atoms with E-state index in [1.54, 1.807) is 6.20 Å². The second kappa shape index (κ2) is 6.29. The molecule has 0 aliphatic carbocycles. The van der Waals surface area contributed by atoms with Gasteiger partial charge in [0.1, 0.15) is 11.6 Å². The van der Waals surface area contributed by atoms with Crippen molar-refractivity contribution < 1.29 is 17.9 Å². The first-order valence-electron chi connectivity index (χ1n) is 6.15. The quantitative estimate of drug-likeness (QED) is 0.884. The number of rotatable bonds is 5. The first kappa shape index (κ1) is 14.9. The fraction of sp³-hybridized carbons (Fsp3) is 0.231. The highest BCUT2D eigenvalue weighted by Gasteiger charge is 2.30. The zero-order chi connectivity index (χ0) is 15.3. The van der Waals surface area contributed by atoms with Gasteiger partial charge in [-0.3, -0.25) is 4.98 Å². The van der Waals surface area contributed by atoms with Crippen molar-refractivity contribution in [2.45, 2.75) is 13.3 Å². The van der Waals surface area contributed by atoms with E-state index in [0.717, 1.165) is 0 Å². The normalized spacial score (nSPS) is 11.0. The Morgan fingerprint density at radius 3 is 2.38 bits per heavy atom. The van der Waals surface area contributed by atoms with Crippen LogP contribution in [0, 0.1) is 0 Å². The Morgan fingerprint density at radius 1 is 1.10 bits per heavy atom. The van der Waals surface area contributed by atoms with Crippen LogP contribution in [0.2, 0.25) is 0 Å². The van der Waals surface area contributed by atoms with Gasteiger partial charge in [0.25, 0.3) is 0 Å².